The summed E-state index contributed by atoms with van der Waals surface area (Å²) in [5.74, 6) is -0.164. The second-order valence-corrected chi connectivity index (χ2v) is 4.85. The van der Waals surface area contributed by atoms with Gasteiger partial charge in [0.05, 0.1) is 0 Å². The molecule has 0 amide bonds. The van der Waals surface area contributed by atoms with Crippen molar-refractivity contribution in [3.05, 3.63) is 59.4 Å². The van der Waals surface area contributed by atoms with Crippen molar-refractivity contribution in [2.75, 3.05) is 18.5 Å². The van der Waals surface area contributed by atoms with Gasteiger partial charge in [-0.25, -0.2) is 4.39 Å². The molecule has 0 atom stereocenters. The fourth-order valence-electron chi connectivity index (χ4n) is 2.37. The molecule has 0 aliphatic rings. The number of anilines is 2. The lowest BCUT2D eigenvalue weighted by molar-refractivity contribution is 0.600. The van der Waals surface area contributed by atoms with Crippen LogP contribution in [0.4, 0.5) is 15.8 Å². The van der Waals surface area contributed by atoms with Crippen molar-refractivity contribution in [2.24, 2.45) is 0 Å². The van der Waals surface area contributed by atoms with Gasteiger partial charge in [-0.1, -0.05) is 23.8 Å². The number of hydrogen-bond acceptors (Lipinski definition) is 2. The van der Waals surface area contributed by atoms with Crippen LogP contribution in [0.15, 0.2) is 42.5 Å². The van der Waals surface area contributed by atoms with E-state index < -0.39 is 0 Å². The molecule has 0 saturated heterocycles. The van der Waals surface area contributed by atoms with Crippen molar-refractivity contribution < 1.29 is 4.39 Å². The first-order valence-electron chi connectivity index (χ1n) is 6.93. The van der Waals surface area contributed by atoms with Crippen LogP contribution in [0.3, 0.4) is 0 Å². The van der Waals surface area contributed by atoms with Gasteiger partial charge in [-0.3, -0.25) is 0 Å². The predicted octanol–water partition coefficient (Wildman–Crippen LogP) is 4.01. The Morgan fingerprint density at radius 1 is 1.10 bits per heavy atom. The molecule has 106 valence electrons. The normalized spacial score (nSPS) is 10.6. The first-order chi connectivity index (χ1) is 9.67. The minimum atomic E-state index is -0.164. The molecule has 2 rings (SSSR count). The largest absolute Gasteiger partial charge is 0.341 e. The number of aryl methyl sites for hydroxylation is 1. The Kier molecular flexibility index (Phi) is 4.74. The number of halogens is 1. The van der Waals surface area contributed by atoms with E-state index >= 15 is 0 Å². The minimum Gasteiger partial charge on any atom is -0.341 e. The Morgan fingerprint density at radius 2 is 1.80 bits per heavy atom. The molecule has 3 heteroatoms. The standard InChI is InChI=1S/C17H21FN2/c1-4-20(14-10-8-13(2)9-11-14)17-7-5-6-16(18)15(17)12-19-3/h5-11,19H,4,12H2,1-3H3. The second kappa shape index (κ2) is 6.53. The molecular weight excluding hydrogens is 251 g/mol. The van der Waals surface area contributed by atoms with E-state index in [0.717, 1.165) is 17.9 Å². The topological polar surface area (TPSA) is 15.3 Å². The van der Waals surface area contributed by atoms with Crippen LogP contribution in [0, 0.1) is 12.7 Å². The molecule has 2 aromatic carbocycles. The van der Waals surface area contributed by atoms with Gasteiger partial charge in [0.1, 0.15) is 5.82 Å². The quantitative estimate of drug-likeness (QED) is 0.884. The van der Waals surface area contributed by atoms with Crippen LogP contribution in [-0.4, -0.2) is 13.6 Å². The average molecular weight is 272 g/mol. The van der Waals surface area contributed by atoms with Crippen molar-refractivity contribution in [3.63, 3.8) is 0 Å². The van der Waals surface area contributed by atoms with Gasteiger partial charge in [-0.2, -0.15) is 0 Å². The van der Waals surface area contributed by atoms with E-state index in [1.165, 1.54) is 11.6 Å². The first-order valence-corrected chi connectivity index (χ1v) is 6.93. The zero-order valence-corrected chi connectivity index (χ0v) is 12.3. The van der Waals surface area contributed by atoms with Gasteiger partial charge < -0.3 is 10.2 Å². The second-order valence-electron chi connectivity index (χ2n) is 4.85. The summed E-state index contributed by atoms with van der Waals surface area (Å²) in [4.78, 5) is 2.13. The third-order valence-corrected chi connectivity index (χ3v) is 3.40. The predicted molar refractivity (Wildman–Crippen MR) is 83.0 cm³/mol. The summed E-state index contributed by atoms with van der Waals surface area (Å²) in [5.41, 5.74) is 3.93. The maximum absolute atomic E-state index is 14.0. The Labute approximate surface area is 120 Å². The summed E-state index contributed by atoms with van der Waals surface area (Å²) >= 11 is 0. The highest BCUT2D eigenvalue weighted by molar-refractivity contribution is 5.66. The van der Waals surface area contributed by atoms with Crippen LogP contribution in [0.5, 0.6) is 0 Å². The molecule has 0 bridgehead atoms. The number of nitrogens with one attached hydrogen (secondary N) is 1. The van der Waals surface area contributed by atoms with Crippen LogP contribution < -0.4 is 10.2 Å². The Hall–Kier alpha value is -1.87. The third kappa shape index (κ3) is 2.99. The number of benzene rings is 2. The van der Waals surface area contributed by atoms with Gasteiger partial charge in [0.2, 0.25) is 0 Å². The highest BCUT2D eigenvalue weighted by atomic mass is 19.1. The van der Waals surface area contributed by atoms with Crippen LogP contribution >= 0.6 is 0 Å². The summed E-state index contributed by atoms with van der Waals surface area (Å²) < 4.78 is 14.0. The molecule has 20 heavy (non-hydrogen) atoms. The lowest BCUT2D eigenvalue weighted by Gasteiger charge is -2.26. The SMILES string of the molecule is CCN(c1ccc(C)cc1)c1cccc(F)c1CNC. The van der Waals surface area contributed by atoms with E-state index in [2.05, 4.69) is 48.3 Å². The molecule has 0 fully saturated rings. The molecule has 2 aromatic rings. The molecule has 0 aromatic heterocycles. The van der Waals surface area contributed by atoms with E-state index in [1.807, 2.05) is 13.1 Å². The lowest BCUT2D eigenvalue weighted by Crippen LogP contribution is -2.20. The Balaban J connectivity index is 2.46. The lowest BCUT2D eigenvalue weighted by atomic mass is 10.1. The summed E-state index contributed by atoms with van der Waals surface area (Å²) in [6.45, 7) is 5.45. The molecule has 0 heterocycles. The molecule has 0 unspecified atom stereocenters. The van der Waals surface area contributed by atoms with E-state index in [-0.39, 0.29) is 5.82 Å². The zero-order valence-electron chi connectivity index (χ0n) is 12.3. The maximum Gasteiger partial charge on any atom is 0.129 e. The summed E-state index contributed by atoms with van der Waals surface area (Å²) in [7, 11) is 1.83. The fourth-order valence-corrected chi connectivity index (χ4v) is 2.37. The fraction of sp³-hybridized carbons (Fsp3) is 0.294. The van der Waals surface area contributed by atoms with Crippen molar-refractivity contribution in [1.82, 2.24) is 5.32 Å². The molecule has 1 N–H and O–H groups in total. The van der Waals surface area contributed by atoms with E-state index in [4.69, 9.17) is 0 Å². The number of nitrogens with zero attached hydrogens (tertiary/aromatic N) is 1. The molecule has 0 aliphatic heterocycles. The average Bonchev–Trinajstić information content (AvgIpc) is 2.45. The first kappa shape index (κ1) is 14.5. The van der Waals surface area contributed by atoms with Gasteiger partial charge in [0, 0.05) is 30.0 Å². The highest BCUT2D eigenvalue weighted by Crippen LogP contribution is 2.30. The van der Waals surface area contributed by atoms with Crippen molar-refractivity contribution in [1.29, 1.82) is 0 Å². The molecule has 2 nitrogen and oxygen atoms in total. The zero-order chi connectivity index (χ0) is 14.5. The monoisotopic (exact) mass is 272 g/mol. The molecule has 0 spiro atoms. The van der Waals surface area contributed by atoms with Gasteiger partial charge in [0.15, 0.2) is 0 Å². The molecule has 0 radical (unpaired) electrons. The van der Waals surface area contributed by atoms with Crippen molar-refractivity contribution >= 4 is 11.4 Å². The summed E-state index contributed by atoms with van der Waals surface area (Å²) in [5, 5.41) is 3.04. The van der Waals surface area contributed by atoms with Gasteiger partial charge in [-0.05, 0) is 45.2 Å². The third-order valence-electron chi connectivity index (χ3n) is 3.40. The highest BCUT2D eigenvalue weighted by Gasteiger charge is 2.14. The summed E-state index contributed by atoms with van der Waals surface area (Å²) in [6.07, 6.45) is 0. The summed E-state index contributed by atoms with van der Waals surface area (Å²) in [6, 6.07) is 13.6. The molecular formula is C17H21FN2. The number of rotatable bonds is 5. The van der Waals surface area contributed by atoms with Crippen molar-refractivity contribution in [2.45, 2.75) is 20.4 Å². The van der Waals surface area contributed by atoms with Gasteiger partial charge in [0.25, 0.3) is 0 Å². The smallest absolute Gasteiger partial charge is 0.129 e. The van der Waals surface area contributed by atoms with Crippen molar-refractivity contribution in [3.8, 4) is 0 Å². The van der Waals surface area contributed by atoms with E-state index in [1.54, 1.807) is 6.07 Å². The number of hydrogen-bond donors (Lipinski definition) is 1. The van der Waals surface area contributed by atoms with Crippen LogP contribution in [0.25, 0.3) is 0 Å². The molecule has 0 aliphatic carbocycles. The van der Waals surface area contributed by atoms with E-state index in [9.17, 15) is 4.39 Å². The molecule has 0 saturated carbocycles. The maximum atomic E-state index is 14.0. The van der Waals surface area contributed by atoms with Gasteiger partial charge in [-0.15, -0.1) is 0 Å². The minimum absolute atomic E-state index is 0.164. The van der Waals surface area contributed by atoms with Gasteiger partial charge >= 0.3 is 0 Å². The van der Waals surface area contributed by atoms with E-state index in [0.29, 0.717) is 12.1 Å². The van der Waals surface area contributed by atoms with Crippen LogP contribution in [-0.2, 0) is 6.54 Å². The Bertz CT molecular complexity index is 564. The Morgan fingerprint density at radius 3 is 2.40 bits per heavy atom. The van der Waals surface area contributed by atoms with Crippen LogP contribution in [0.1, 0.15) is 18.1 Å². The van der Waals surface area contributed by atoms with Crippen LogP contribution in [0.2, 0.25) is 0 Å².